The van der Waals surface area contributed by atoms with Crippen LogP contribution in [0, 0.1) is 0 Å². The molecule has 0 bridgehead atoms. The molecule has 8 heteroatoms. The molecule has 0 aliphatic carbocycles. The molecule has 0 aromatic heterocycles. The average molecular weight is 267 g/mol. The summed E-state index contributed by atoms with van der Waals surface area (Å²) in [5, 5.41) is 10.9. The predicted octanol–water partition coefficient (Wildman–Crippen LogP) is -0.458. The largest absolute Gasteiger partial charge is 0.409 e. The van der Waals surface area contributed by atoms with Gasteiger partial charge in [0.25, 0.3) is 0 Å². The topological polar surface area (TPSA) is 96.0 Å². The average Bonchev–Trinajstić information content (AvgIpc) is 2.29. The zero-order chi connectivity index (χ0) is 12.2. The molecule has 1 heterocycles. The summed E-state index contributed by atoms with van der Waals surface area (Å²) >= 11 is 1.62. The molecule has 0 aromatic rings. The smallest absolute Gasteiger partial charge is 0.166 e. The Hall–Kier alpha value is -0.470. The number of nitrogens with zero attached hydrogens (tertiary/aromatic N) is 2. The summed E-state index contributed by atoms with van der Waals surface area (Å²) in [4.78, 5) is 1.75. The molecule has 0 radical (unpaired) electrons. The third-order valence-corrected chi connectivity index (χ3v) is 5.83. The van der Waals surface area contributed by atoms with Crippen LogP contribution in [0.2, 0.25) is 0 Å². The summed E-state index contributed by atoms with van der Waals surface area (Å²) in [5.74, 6) is 1.58. The number of nitrogens with two attached hydrogens (primary N) is 1. The summed E-state index contributed by atoms with van der Waals surface area (Å²) in [7, 11) is -3.11. The minimum atomic E-state index is -3.11. The van der Waals surface area contributed by atoms with Gasteiger partial charge in [0.2, 0.25) is 0 Å². The Labute approximate surface area is 99.8 Å². The minimum absolute atomic E-state index is 0.0446. The van der Waals surface area contributed by atoms with Gasteiger partial charge in [-0.05, 0) is 0 Å². The van der Waals surface area contributed by atoms with E-state index >= 15 is 0 Å². The molecule has 1 atom stereocenters. The van der Waals surface area contributed by atoms with Crippen LogP contribution in [0.1, 0.15) is 6.92 Å². The number of hydrogen-bond acceptors (Lipinski definition) is 6. The summed E-state index contributed by atoms with van der Waals surface area (Å²) < 4.78 is 23.7. The number of thioether (sulfide) groups is 1. The highest BCUT2D eigenvalue weighted by Crippen LogP contribution is 2.20. The Morgan fingerprint density at radius 1 is 1.69 bits per heavy atom. The summed E-state index contributed by atoms with van der Waals surface area (Å²) in [6.07, 6.45) is 0. The SMILES string of the molecule is CCS(=O)(=O)C1CSCCN1CC(N)=NO. The summed E-state index contributed by atoms with van der Waals surface area (Å²) in [6, 6.07) is 0. The van der Waals surface area contributed by atoms with Crippen LogP contribution in [0.3, 0.4) is 0 Å². The molecule has 16 heavy (non-hydrogen) atoms. The van der Waals surface area contributed by atoms with Crippen molar-refractivity contribution in [3.63, 3.8) is 0 Å². The van der Waals surface area contributed by atoms with Crippen LogP contribution < -0.4 is 5.73 Å². The zero-order valence-electron chi connectivity index (χ0n) is 9.16. The Morgan fingerprint density at radius 3 is 2.94 bits per heavy atom. The molecule has 94 valence electrons. The molecule has 1 aliphatic heterocycles. The number of oxime groups is 1. The second kappa shape index (κ2) is 5.74. The molecule has 0 aromatic carbocycles. The zero-order valence-corrected chi connectivity index (χ0v) is 10.8. The molecule has 0 saturated carbocycles. The molecular formula is C8H17N3O3S2. The van der Waals surface area contributed by atoms with Gasteiger partial charge in [-0.1, -0.05) is 12.1 Å². The van der Waals surface area contributed by atoms with Gasteiger partial charge in [0.05, 0.1) is 6.54 Å². The van der Waals surface area contributed by atoms with Crippen LogP contribution in [0.5, 0.6) is 0 Å². The van der Waals surface area contributed by atoms with Gasteiger partial charge in [-0.15, -0.1) is 0 Å². The first-order chi connectivity index (χ1) is 7.51. The van der Waals surface area contributed by atoms with E-state index in [-0.39, 0.29) is 18.1 Å². The van der Waals surface area contributed by atoms with Gasteiger partial charge >= 0.3 is 0 Å². The van der Waals surface area contributed by atoms with Crippen molar-refractivity contribution in [1.29, 1.82) is 0 Å². The lowest BCUT2D eigenvalue weighted by Crippen LogP contribution is -2.50. The molecule has 1 unspecified atom stereocenters. The third kappa shape index (κ3) is 3.26. The van der Waals surface area contributed by atoms with Gasteiger partial charge in [-0.25, -0.2) is 8.42 Å². The highest BCUT2D eigenvalue weighted by Gasteiger charge is 2.32. The van der Waals surface area contributed by atoms with Gasteiger partial charge in [0, 0.05) is 23.8 Å². The molecule has 3 N–H and O–H groups in total. The Kier molecular flexibility index (Phi) is 4.88. The Balaban J connectivity index is 2.79. The van der Waals surface area contributed by atoms with Crippen molar-refractivity contribution in [3.8, 4) is 0 Å². The molecule has 0 amide bonds. The molecule has 6 nitrogen and oxygen atoms in total. The first-order valence-corrected chi connectivity index (χ1v) is 7.88. The van der Waals surface area contributed by atoms with Crippen molar-refractivity contribution in [2.24, 2.45) is 10.9 Å². The summed E-state index contributed by atoms with van der Waals surface area (Å²) in [6.45, 7) is 2.47. The monoisotopic (exact) mass is 267 g/mol. The normalized spacial score (nSPS) is 24.6. The first-order valence-electron chi connectivity index (χ1n) is 5.01. The number of amidine groups is 1. The van der Waals surface area contributed by atoms with E-state index in [9.17, 15) is 8.42 Å². The lowest BCUT2D eigenvalue weighted by Gasteiger charge is -2.33. The molecule has 1 aliphatic rings. The van der Waals surface area contributed by atoms with Gasteiger partial charge in [-0.2, -0.15) is 11.8 Å². The quantitative estimate of drug-likeness (QED) is 0.310. The van der Waals surface area contributed by atoms with Crippen molar-refractivity contribution in [2.75, 3.05) is 30.3 Å². The fourth-order valence-corrected chi connectivity index (χ4v) is 4.64. The van der Waals surface area contributed by atoms with Crippen LogP contribution in [-0.2, 0) is 9.84 Å². The minimum Gasteiger partial charge on any atom is -0.409 e. The van der Waals surface area contributed by atoms with Gasteiger partial charge in [-0.3, -0.25) is 4.90 Å². The number of hydrogen-bond donors (Lipinski definition) is 2. The second-order valence-corrected chi connectivity index (χ2v) is 7.14. The molecule has 0 spiro atoms. The van der Waals surface area contributed by atoms with E-state index in [0.717, 1.165) is 5.75 Å². The maximum absolute atomic E-state index is 11.8. The van der Waals surface area contributed by atoms with Gasteiger partial charge in [0.15, 0.2) is 15.7 Å². The maximum Gasteiger partial charge on any atom is 0.166 e. The summed E-state index contributed by atoms with van der Waals surface area (Å²) in [5.41, 5.74) is 5.41. The van der Waals surface area contributed by atoms with Crippen molar-refractivity contribution >= 4 is 27.4 Å². The lowest BCUT2D eigenvalue weighted by atomic mass is 10.4. The predicted molar refractivity (Wildman–Crippen MR) is 65.6 cm³/mol. The van der Waals surface area contributed by atoms with Crippen LogP contribution in [0.4, 0.5) is 0 Å². The van der Waals surface area contributed by atoms with Crippen molar-refractivity contribution in [1.82, 2.24) is 4.90 Å². The van der Waals surface area contributed by atoms with E-state index in [1.165, 1.54) is 0 Å². The van der Waals surface area contributed by atoms with E-state index in [2.05, 4.69) is 5.16 Å². The van der Waals surface area contributed by atoms with E-state index < -0.39 is 15.2 Å². The molecular weight excluding hydrogens is 250 g/mol. The van der Waals surface area contributed by atoms with E-state index in [0.29, 0.717) is 12.3 Å². The lowest BCUT2D eigenvalue weighted by molar-refractivity contribution is 0.288. The van der Waals surface area contributed by atoms with E-state index in [1.807, 2.05) is 0 Å². The van der Waals surface area contributed by atoms with Crippen LogP contribution in [-0.4, -0.2) is 60.1 Å². The van der Waals surface area contributed by atoms with Gasteiger partial charge < -0.3 is 10.9 Å². The van der Waals surface area contributed by atoms with E-state index in [4.69, 9.17) is 10.9 Å². The molecule has 1 saturated heterocycles. The van der Waals surface area contributed by atoms with Crippen molar-refractivity contribution in [3.05, 3.63) is 0 Å². The van der Waals surface area contributed by atoms with Gasteiger partial charge in [0.1, 0.15) is 5.37 Å². The Bertz CT molecular complexity index is 356. The Morgan fingerprint density at radius 2 is 2.38 bits per heavy atom. The highest BCUT2D eigenvalue weighted by molar-refractivity contribution is 8.01. The standard InChI is InChI=1S/C8H17N3O3S2/c1-2-16(13,14)8-6-15-4-3-11(8)5-7(9)10-12/h8,12H,2-6H2,1H3,(H2,9,10). The van der Waals surface area contributed by atoms with Crippen LogP contribution in [0.25, 0.3) is 0 Å². The number of rotatable bonds is 4. The van der Waals surface area contributed by atoms with Crippen LogP contribution in [0.15, 0.2) is 5.16 Å². The fraction of sp³-hybridized carbons (Fsp3) is 0.875. The maximum atomic E-state index is 11.8. The van der Waals surface area contributed by atoms with Crippen molar-refractivity contribution < 1.29 is 13.6 Å². The van der Waals surface area contributed by atoms with Crippen molar-refractivity contribution in [2.45, 2.75) is 12.3 Å². The van der Waals surface area contributed by atoms with Crippen LogP contribution >= 0.6 is 11.8 Å². The molecule has 1 rings (SSSR count). The number of sulfone groups is 1. The first kappa shape index (κ1) is 13.6. The fourth-order valence-electron chi connectivity index (χ4n) is 1.56. The third-order valence-electron chi connectivity index (χ3n) is 2.50. The highest BCUT2D eigenvalue weighted by atomic mass is 32.2. The molecule has 1 fully saturated rings. The second-order valence-electron chi connectivity index (χ2n) is 3.54. The van der Waals surface area contributed by atoms with E-state index in [1.54, 1.807) is 23.6 Å².